The first-order valence-electron chi connectivity index (χ1n) is 7.10. The summed E-state index contributed by atoms with van der Waals surface area (Å²) < 4.78 is 15.0. The molecule has 0 saturated carbocycles. The molecular formula is C17H17FN2S. The average molecular weight is 300 g/mol. The molecule has 0 bridgehead atoms. The Hall–Kier alpha value is -1.78. The van der Waals surface area contributed by atoms with Gasteiger partial charge in [0.2, 0.25) is 0 Å². The second-order valence-electron chi connectivity index (χ2n) is 4.93. The van der Waals surface area contributed by atoms with Gasteiger partial charge in [-0.15, -0.1) is 11.3 Å². The number of para-hydroxylation sites is 1. The second kappa shape index (κ2) is 6.33. The van der Waals surface area contributed by atoms with E-state index in [0.717, 1.165) is 22.6 Å². The maximum atomic E-state index is 13.9. The Kier molecular flexibility index (Phi) is 4.27. The van der Waals surface area contributed by atoms with Crippen LogP contribution in [0.25, 0.3) is 10.2 Å². The highest BCUT2D eigenvalue weighted by molar-refractivity contribution is 7.18. The summed E-state index contributed by atoms with van der Waals surface area (Å²) in [4.78, 5) is 4.69. The number of nitrogens with one attached hydrogen (secondary N) is 1. The highest BCUT2D eigenvalue weighted by Crippen LogP contribution is 2.28. The lowest BCUT2D eigenvalue weighted by Gasteiger charge is -2.15. The minimum atomic E-state index is -0.151. The van der Waals surface area contributed by atoms with Crippen molar-refractivity contribution < 1.29 is 4.39 Å². The van der Waals surface area contributed by atoms with Crippen LogP contribution in [0.4, 0.5) is 4.39 Å². The molecule has 0 aliphatic rings. The molecule has 0 radical (unpaired) electrons. The molecule has 2 nitrogen and oxygen atoms in total. The maximum Gasteiger partial charge on any atom is 0.126 e. The largest absolute Gasteiger partial charge is 0.308 e. The molecule has 3 aromatic rings. The molecule has 0 fully saturated rings. The number of aromatic nitrogens is 1. The summed E-state index contributed by atoms with van der Waals surface area (Å²) in [6, 6.07) is 15.1. The van der Waals surface area contributed by atoms with E-state index in [4.69, 9.17) is 4.98 Å². The van der Waals surface area contributed by atoms with Crippen LogP contribution in [0.1, 0.15) is 23.5 Å². The van der Waals surface area contributed by atoms with Gasteiger partial charge in [0, 0.05) is 0 Å². The number of fused-ring (bicyclic) bond motifs is 1. The van der Waals surface area contributed by atoms with Crippen LogP contribution in [0.5, 0.6) is 0 Å². The first kappa shape index (κ1) is 14.2. The molecule has 0 saturated heterocycles. The lowest BCUT2D eigenvalue weighted by Crippen LogP contribution is -2.23. The lowest BCUT2D eigenvalue weighted by atomic mass is 10.1. The van der Waals surface area contributed by atoms with Gasteiger partial charge >= 0.3 is 0 Å². The number of benzene rings is 2. The van der Waals surface area contributed by atoms with Crippen molar-refractivity contribution in [3.8, 4) is 0 Å². The predicted octanol–water partition coefficient (Wildman–Crippen LogP) is 4.33. The zero-order chi connectivity index (χ0) is 14.7. The van der Waals surface area contributed by atoms with Crippen molar-refractivity contribution >= 4 is 21.6 Å². The summed E-state index contributed by atoms with van der Waals surface area (Å²) in [6.07, 6.45) is 0.611. The smallest absolute Gasteiger partial charge is 0.126 e. The highest BCUT2D eigenvalue weighted by Gasteiger charge is 2.17. The molecule has 4 heteroatoms. The predicted molar refractivity (Wildman–Crippen MR) is 86.1 cm³/mol. The van der Waals surface area contributed by atoms with Gasteiger partial charge in [-0.25, -0.2) is 9.37 Å². The number of halogens is 1. The third kappa shape index (κ3) is 3.12. The van der Waals surface area contributed by atoms with Crippen molar-refractivity contribution in [2.75, 3.05) is 6.54 Å². The number of likely N-dealkylation sites (N-methyl/N-ethyl adjacent to an activating group) is 1. The number of rotatable bonds is 5. The summed E-state index contributed by atoms with van der Waals surface area (Å²) >= 11 is 1.67. The summed E-state index contributed by atoms with van der Waals surface area (Å²) in [7, 11) is 0. The Morgan fingerprint density at radius 1 is 1.14 bits per heavy atom. The zero-order valence-electron chi connectivity index (χ0n) is 11.8. The SMILES string of the molecule is CCNC(Cc1ccccc1F)c1nc2ccccc2s1. The molecule has 1 N–H and O–H groups in total. The van der Waals surface area contributed by atoms with Gasteiger partial charge in [0.05, 0.1) is 16.3 Å². The van der Waals surface area contributed by atoms with Crippen LogP contribution in [0.3, 0.4) is 0 Å². The van der Waals surface area contributed by atoms with Crippen LogP contribution in [0.2, 0.25) is 0 Å². The van der Waals surface area contributed by atoms with Crippen LogP contribution in [0, 0.1) is 5.82 Å². The van der Waals surface area contributed by atoms with E-state index in [1.54, 1.807) is 17.4 Å². The van der Waals surface area contributed by atoms with Crippen LogP contribution in [0.15, 0.2) is 48.5 Å². The van der Waals surface area contributed by atoms with Crippen molar-refractivity contribution in [2.24, 2.45) is 0 Å². The Labute approximate surface area is 127 Å². The van der Waals surface area contributed by atoms with Gasteiger partial charge in [0.15, 0.2) is 0 Å². The van der Waals surface area contributed by atoms with Crippen molar-refractivity contribution in [2.45, 2.75) is 19.4 Å². The van der Waals surface area contributed by atoms with Gasteiger partial charge in [-0.3, -0.25) is 0 Å². The Morgan fingerprint density at radius 2 is 1.90 bits per heavy atom. The molecule has 0 amide bonds. The molecule has 1 heterocycles. The Balaban J connectivity index is 1.92. The number of hydrogen-bond donors (Lipinski definition) is 1. The summed E-state index contributed by atoms with van der Waals surface area (Å²) in [5.41, 5.74) is 1.73. The standard InChI is InChI=1S/C17H17FN2S/c1-2-19-15(11-12-7-3-4-8-13(12)18)17-20-14-9-5-6-10-16(14)21-17/h3-10,15,19H,2,11H2,1H3. The van der Waals surface area contributed by atoms with E-state index in [-0.39, 0.29) is 11.9 Å². The molecule has 21 heavy (non-hydrogen) atoms. The third-order valence-corrected chi connectivity index (χ3v) is 4.59. The topological polar surface area (TPSA) is 24.9 Å². The molecule has 1 aromatic heterocycles. The van der Waals surface area contributed by atoms with Crippen molar-refractivity contribution in [1.29, 1.82) is 0 Å². The minimum Gasteiger partial charge on any atom is -0.308 e. The zero-order valence-corrected chi connectivity index (χ0v) is 12.7. The molecule has 108 valence electrons. The molecule has 0 aliphatic heterocycles. The molecule has 0 aliphatic carbocycles. The number of thiazole rings is 1. The molecular weight excluding hydrogens is 283 g/mol. The fourth-order valence-electron chi connectivity index (χ4n) is 2.42. The third-order valence-electron chi connectivity index (χ3n) is 3.44. The highest BCUT2D eigenvalue weighted by atomic mass is 32.1. The monoisotopic (exact) mass is 300 g/mol. The van der Waals surface area contributed by atoms with E-state index in [9.17, 15) is 4.39 Å². The van der Waals surface area contributed by atoms with Crippen molar-refractivity contribution in [1.82, 2.24) is 10.3 Å². The maximum absolute atomic E-state index is 13.9. The quantitative estimate of drug-likeness (QED) is 0.758. The first-order valence-corrected chi connectivity index (χ1v) is 7.92. The molecule has 0 spiro atoms. The molecule has 3 rings (SSSR count). The molecule has 2 aromatic carbocycles. The van der Waals surface area contributed by atoms with Gasteiger partial charge in [0.1, 0.15) is 10.8 Å². The van der Waals surface area contributed by atoms with Gasteiger partial charge < -0.3 is 5.32 Å². The van der Waals surface area contributed by atoms with Crippen LogP contribution < -0.4 is 5.32 Å². The lowest BCUT2D eigenvalue weighted by molar-refractivity contribution is 0.526. The normalized spacial score (nSPS) is 12.7. The van der Waals surface area contributed by atoms with Crippen molar-refractivity contribution in [3.63, 3.8) is 0 Å². The minimum absolute atomic E-state index is 0.0456. The summed E-state index contributed by atoms with van der Waals surface area (Å²) in [5, 5.41) is 4.43. The van der Waals surface area contributed by atoms with Crippen LogP contribution in [-0.2, 0) is 6.42 Å². The van der Waals surface area contributed by atoms with E-state index in [0.29, 0.717) is 6.42 Å². The molecule has 1 unspecified atom stereocenters. The first-order chi connectivity index (χ1) is 10.3. The van der Waals surface area contributed by atoms with Gasteiger partial charge in [-0.05, 0) is 36.7 Å². The van der Waals surface area contributed by atoms with Gasteiger partial charge in [-0.1, -0.05) is 37.3 Å². The van der Waals surface area contributed by atoms with Crippen LogP contribution in [-0.4, -0.2) is 11.5 Å². The summed E-state index contributed by atoms with van der Waals surface area (Å²) in [6.45, 7) is 2.89. The van der Waals surface area contributed by atoms with E-state index >= 15 is 0 Å². The fourth-order valence-corrected chi connectivity index (χ4v) is 3.46. The number of nitrogens with zero attached hydrogens (tertiary/aromatic N) is 1. The Bertz CT molecular complexity index is 705. The van der Waals surface area contributed by atoms with Crippen LogP contribution >= 0.6 is 11.3 Å². The van der Waals surface area contributed by atoms with Gasteiger partial charge in [-0.2, -0.15) is 0 Å². The van der Waals surface area contributed by atoms with E-state index in [1.165, 1.54) is 10.8 Å². The summed E-state index contributed by atoms with van der Waals surface area (Å²) in [5.74, 6) is -0.151. The number of hydrogen-bond acceptors (Lipinski definition) is 3. The van der Waals surface area contributed by atoms with E-state index in [1.807, 2.05) is 30.3 Å². The van der Waals surface area contributed by atoms with Crippen molar-refractivity contribution in [3.05, 3.63) is 64.9 Å². The average Bonchev–Trinajstić information content (AvgIpc) is 2.93. The van der Waals surface area contributed by atoms with Gasteiger partial charge in [0.25, 0.3) is 0 Å². The second-order valence-corrected chi connectivity index (χ2v) is 5.99. The van der Waals surface area contributed by atoms with E-state index < -0.39 is 0 Å². The van der Waals surface area contributed by atoms with E-state index in [2.05, 4.69) is 18.3 Å². The molecule has 1 atom stereocenters. The Morgan fingerprint density at radius 3 is 2.67 bits per heavy atom. The fraction of sp³-hybridized carbons (Fsp3) is 0.235.